The number of aliphatic hydroxyl groups excluding tert-OH is 1. The third kappa shape index (κ3) is 2.77. The normalized spacial score (nSPS) is 18.2. The summed E-state index contributed by atoms with van der Waals surface area (Å²) in [6.07, 6.45) is -0.590. The molecule has 1 aromatic carbocycles. The Morgan fingerprint density at radius 2 is 2.12 bits per heavy atom. The van der Waals surface area contributed by atoms with E-state index in [1.807, 2.05) is 13.0 Å². The molecule has 94 valence electrons. The molecule has 1 saturated heterocycles. The maximum atomic E-state index is 9.98. The minimum atomic E-state index is -0.590. The molecule has 0 amide bonds. The monoisotopic (exact) mass is 236 g/mol. The van der Waals surface area contributed by atoms with Gasteiger partial charge in [-0.2, -0.15) is 0 Å². The molecule has 1 aliphatic heterocycles. The van der Waals surface area contributed by atoms with Crippen molar-refractivity contribution in [1.29, 1.82) is 0 Å². The van der Waals surface area contributed by atoms with Gasteiger partial charge in [0.1, 0.15) is 0 Å². The predicted molar refractivity (Wildman–Crippen MR) is 68.2 cm³/mol. The van der Waals surface area contributed by atoms with E-state index in [1.54, 1.807) is 0 Å². The first-order chi connectivity index (χ1) is 8.22. The van der Waals surface area contributed by atoms with Crippen LogP contribution >= 0.6 is 0 Å². The first-order valence-corrected chi connectivity index (χ1v) is 6.03. The van der Waals surface area contributed by atoms with Crippen molar-refractivity contribution < 1.29 is 9.84 Å². The molecule has 1 heterocycles. The van der Waals surface area contributed by atoms with Crippen molar-refractivity contribution in [2.45, 2.75) is 13.0 Å². The number of anilines is 1. The maximum Gasteiger partial charge on any atom is 0.0932 e. The Morgan fingerprint density at radius 3 is 2.76 bits per heavy atom. The number of hydrogen-bond donors (Lipinski definition) is 2. The molecule has 1 atom stereocenters. The Kier molecular flexibility index (Phi) is 3.99. The molecular weight excluding hydrogens is 216 g/mol. The number of aryl methyl sites for hydroxylation is 1. The summed E-state index contributed by atoms with van der Waals surface area (Å²) < 4.78 is 5.34. The molecule has 4 nitrogen and oxygen atoms in total. The van der Waals surface area contributed by atoms with Crippen LogP contribution in [0.4, 0.5) is 5.69 Å². The van der Waals surface area contributed by atoms with Crippen LogP contribution in [-0.4, -0.2) is 38.0 Å². The molecule has 4 heteroatoms. The van der Waals surface area contributed by atoms with E-state index in [0.29, 0.717) is 0 Å². The maximum absolute atomic E-state index is 9.98. The first kappa shape index (κ1) is 12.4. The SMILES string of the molecule is Cc1ccc(N2CCOCC2)c(C(O)CN)c1. The van der Waals surface area contributed by atoms with E-state index in [9.17, 15) is 5.11 Å². The molecule has 0 bridgehead atoms. The lowest BCUT2D eigenvalue weighted by Crippen LogP contribution is -2.37. The Bertz CT molecular complexity index is 376. The van der Waals surface area contributed by atoms with E-state index < -0.39 is 6.10 Å². The average molecular weight is 236 g/mol. The molecule has 0 aliphatic carbocycles. The van der Waals surface area contributed by atoms with Gasteiger partial charge in [-0.05, 0) is 13.0 Å². The van der Waals surface area contributed by atoms with Gasteiger partial charge in [0.25, 0.3) is 0 Å². The number of rotatable bonds is 3. The summed E-state index contributed by atoms with van der Waals surface area (Å²) in [5.41, 5.74) is 8.71. The highest BCUT2D eigenvalue weighted by molar-refractivity contribution is 5.56. The summed E-state index contributed by atoms with van der Waals surface area (Å²) in [7, 11) is 0. The van der Waals surface area contributed by atoms with Gasteiger partial charge < -0.3 is 20.5 Å². The van der Waals surface area contributed by atoms with Crippen LogP contribution in [0.3, 0.4) is 0 Å². The molecule has 0 aromatic heterocycles. The molecule has 1 aliphatic rings. The lowest BCUT2D eigenvalue weighted by atomic mass is 10.0. The van der Waals surface area contributed by atoms with E-state index in [2.05, 4.69) is 17.0 Å². The highest BCUT2D eigenvalue weighted by Gasteiger charge is 2.18. The van der Waals surface area contributed by atoms with E-state index >= 15 is 0 Å². The average Bonchev–Trinajstić information content (AvgIpc) is 2.38. The summed E-state index contributed by atoms with van der Waals surface area (Å²) in [4.78, 5) is 2.25. The van der Waals surface area contributed by atoms with Crippen LogP contribution in [0.25, 0.3) is 0 Å². The lowest BCUT2D eigenvalue weighted by Gasteiger charge is -2.31. The number of benzene rings is 1. The number of nitrogens with zero attached hydrogens (tertiary/aromatic N) is 1. The van der Waals surface area contributed by atoms with Crippen molar-refractivity contribution >= 4 is 5.69 Å². The van der Waals surface area contributed by atoms with Gasteiger partial charge in [-0.1, -0.05) is 17.7 Å². The van der Waals surface area contributed by atoms with Crippen molar-refractivity contribution in [2.24, 2.45) is 5.73 Å². The van der Waals surface area contributed by atoms with Gasteiger partial charge in [-0.15, -0.1) is 0 Å². The van der Waals surface area contributed by atoms with Crippen molar-refractivity contribution in [3.63, 3.8) is 0 Å². The molecule has 3 N–H and O–H groups in total. The summed E-state index contributed by atoms with van der Waals surface area (Å²) in [6, 6.07) is 6.15. The Labute approximate surface area is 102 Å². The number of morpholine rings is 1. The molecule has 1 fully saturated rings. The second-order valence-electron chi connectivity index (χ2n) is 4.41. The second-order valence-corrected chi connectivity index (χ2v) is 4.41. The number of hydrogen-bond acceptors (Lipinski definition) is 4. The fourth-order valence-electron chi connectivity index (χ4n) is 2.16. The topological polar surface area (TPSA) is 58.7 Å². The van der Waals surface area contributed by atoms with Crippen LogP contribution in [0.1, 0.15) is 17.2 Å². The zero-order valence-corrected chi connectivity index (χ0v) is 10.2. The van der Waals surface area contributed by atoms with Crippen LogP contribution in [0, 0.1) is 6.92 Å². The third-order valence-corrected chi connectivity index (χ3v) is 3.12. The second kappa shape index (κ2) is 5.49. The van der Waals surface area contributed by atoms with E-state index in [0.717, 1.165) is 43.1 Å². The Hall–Kier alpha value is -1.10. The summed E-state index contributed by atoms with van der Waals surface area (Å²) in [5, 5.41) is 9.98. The van der Waals surface area contributed by atoms with Crippen LogP contribution < -0.4 is 10.6 Å². The van der Waals surface area contributed by atoms with Crippen LogP contribution in [0.15, 0.2) is 18.2 Å². The van der Waals surface area contributed by atoms with Gasteiger partial charge >= 0.3 is 0 Å². The Morgan fingerprint density at radius 1 is 1.41 bits per heavy atom. The molecule has 2 rings (SSSR count). The molecular formula is C13H20N2O2. The molecule has 1 unspecified atom stereocenters. The highest BCUT2D eigenvalue weighted by atomic mass is 16.5. The first-order valence-electron chi connectivity index (χ1n) is 6.03. The van der Waals surface area contributed by atoms with Gasteiger partial charge in [0.2, 0.25) is 0 Å². The van der Waals surface area contributed by atoms with Crippen molar-refractivity contribution in [2.75, 3.05) is 37.7 Å². The molecule has 0 radical (unpaired) electrons. The zero-order chi connectivity index (χ0) is 12.3. The largest absolute Gasteiger partial charge is 0.387 e. The van der Waals surface area contributed by atoms with Gasteiger partial charge in [0.05, 0.1) is 19.3 Å². The fourth-order valence-corrected chi connectivity index (χ4v) is 2.16. The minimum Gasteiger partial charge on any atom is -0.387 e. The standard InChI is InChI=1S/C13H20N2O2/c1-10-2-3-12(11(8-10)13(16)9-14)15-4-6-17-7-5-15/h2-3,8,13,16H,4-7,9,14H2,1H3. The molecule has 1 aromatic rings. The quantitative estimate of drug-likeness (QED) is 0.816. The summed E-state index contributed by atoms with van der Waals surface area (Å²) >= 11 is 0. The summed E-state index contributed by atoms with van der Waals surface area (Å²) in [5.74, 6) is 0. The highest BCUT2D eigenvalue weighted by Crippen LogP contribution is 2.27. The molecule has 0 saturated carbocycles. The Balaban J connectivity index is 2.30. The van der Waals surface area contributed by atoms with Gasteiger partial charge in [-0.25, -0.2) is 0 Å². The van der Waals surface area contributed by atoms with E-state index in [-0.39, 0.29) is 6.54 Å². The molecule has 0 spiro atoms. The van der Waals surface area contributed by atoms with Crippen LogP contribution in [0.5, 0.6) is 0 Å². The smallest absolute Gasteiger partial charge is 0.0932 e. The van der Waals surface area contributed by atoms with Crippen LogP contribution in [-0.2, 0) is 4.74 Å². The summed E-state index contributed by atoms with van der Waals surface area (Å²) in [6.45, 7) is 5.50. The third-order valence-electron chi connectivity index (χ3n) is 3.12. The molecule has 17 heavy (non-hydrogen) atoms. The number of aliphatic hydroxyl groups is 1. The van der Waals surface area contributed by atoms with Gasteiger partial charge in [0, 0.05) is 30.9 Å². The zero-order valence-electron chi connectivity index (χ0n) is 10.2. The van der Waals surface area contributed by atoms with Crippen molar-refractivity contribution in [3.05, 3.63) is 29.3 Å². The van der Waals surface area contributed by atoms with Crippen molar-refractivity contribution in [3.8, 4) is 0 Å². The fraction of sp³-hybridized carbons (Fsp3) is 0.538. The number of nitrogens with two attached hydrogens (primary N) is 1. The number of ether oxygens (including phenoxy) is 1. The van der Waals surface area contributed by atoms with Crippen molar-refractivity contribution in [1.82, 2.24) is 0 Å². The predicted octanol–water partition coefficient (Wildman–Crippen LogP) is 0.824. The van der Waals surface area contributed by atoms with Crippen LogP contribution in [0.2, 0.25) is 0 Å². The minimum absolute atomic E-state index is 0.251. The van der Waals surface area contributed by atoms with Gasteiger partial charge in [-0.3, -0.25) is 0 Å². The van der Waals surface area contributed by atoms with Gasteiger partial charge in [0.15, 0.2) is 0 Å². The van der Waals surface area contributed by atoms with E-state index in [1.165, 1.54) is 0 Å². The van der Waals surface area contributed by atoms with E-state index in [4.69, 9.17) is 10.5 Å². The lowest BCUT2D eigenvalue weighted by molar-refractivity contribution is 0.122.